The lowest BCUT2D eigenvalue weighted by Crippen LogP contribution is -2.25. The Morgan fingerprint density at radius 3 is 2.55 bits per heavy atom. The zero-order valence-electron chi connectivity index (χ0n) is 17.3. The maximum atomic E-state index is 13.6. The lowest BCUT2D eigenvalue weighted by Gasteiger charge is -2.21. The number of hydrogen-bond acceptors (Lipinski definition) is 5. The molecule has 5 rings (SSSR count). The number of carbonyl (C=O) groups is 1. The van der Waals surface area contributed by atoms with Crippen LogP contribution in [0.4, 0.5) is 5.88 Å². The van der Waals surface area contributed by atoms with Gasteiger partial charge in [0, 0.05) is 16.0 Å². The number of benzene rings is 2. The van der Waals surface area contributed by atoms with Crippen molar-refractivity contribution in [2.24, 2.45) is 5.92 Å². The molecule has 1 saturated carbocycles. The Labute approximate surface area is 183 Å². The summed E-state index contributed by atoms with van der Waals surface area (Å²) in [7, 11) is 1.60. The molecule has 2 heterocycles. The monoisotopic (exact) mass is 433 g/mol. The van der Waals surface area contributed by atoms with E-state index in [4.69, 9.17) is 9.15 Å². The molecule has 6 heteroatoms. The fourth-order valence-electron chi connectivity index (χ4n) is 4.33. The summed E-state index contributed by atoms with van der Waals surface area (Å²) in [6.07, 6.45) is 5.03. The minimum absolute atomic E-state index is 0.0438. The second kappa shape index (κ2) is 8.19. The van der Waals surface area contributed by atoms with Gasteiger partial charge in [-0.3, -0.25) is 14.9 Å². The van der Waals surface area contributed by atoms with Crippen LogP contribution in [0.3, 0.4) is 0 Å². The van der Waals surface area contributed by atoms with Gasteiger partial charge in [-0.15, -0.1) is 11.3 Å². The second-order valence-corrected chi connectivity index (χ2v) is 9.00. The summed E-state index contributed by atoms with van der Waals surface area (Å²) in [5.74, 6) is 0.805. The Balaban J connectivity index is 1.68. The molecule has 0 aliphatic heterocycles. The normalized spacial score (nSPS) is 14.7. The molecule has 31 heavy (non-hydrogen) atoms. The topological polar surface area (TPSA) is 68.5 Å². The van der Waals surface area contributed by atoms with Crippen LogP contribution in [0.15, 0.2) is 57.7 Å². The van der Waals surface area contributed by atoms with Crippen LogP contribution in [-0.2, 0) is 4.79 Å². The maximum absolute atomic E-state index is 13.6. The van der Waals surface area contributed by atoms with Gasteiger partial charge in [-0.05, 0) is 42.7 Å². The molecular weight excluding hydrogens is 410 g/mol. The van der Waals surface area contributed by atoms with Crippen molar-refractivity contribution < 1.29 is 13.9 Å². The number of rotatable bonds is 4. The third-order valence-corrected chi connectivity index (χ3v) is 7.16. The van der Waals surface area contributed by atoms with E-state index in [0.29, 0.717) is 27.2 Å². The van der Waals surface area contributed by atoms with Crippen LogP contribution >= 0.6 is 11.3 Å². The van der Waals surface area contributed by atoms with Gasteiger partial charge in [-0.25, -0.2) is 0 Å². The van der Waals surface area contributed by atoms with E-state index in [0.717, 1.165) is 35.8 Å². The van der Waals surface area contributed by atoms with Crippen molar-refractivity contribution in [1.82, 2.24) is 0 Å². The molecule has 158 valence electrons. The third kappa shape index (κ3) is 3.61. The molecule has 0 atom stereocenters. The van der Waals surface area contributed by atoms with E-state index in [1.807, 2.05) is 36.4 Å². The number of amides is 1. The van der Waals surface area contributed by atoms with Gasteiger partial charge >= 0.3 is 0 Å². The number of nitrogens with one attached hydrogen (secondary N) is 1. The van der Waals surface area contributed by atoms with Crippen LogP contribution in [0.1, 0.15) is 32.1 Å². The summed E-state index contributed by atoms with van der Waals surface area (Å²) in [6.45, 7) is 0. The first-order valence-corrected chi connectivity index (χ1v) is 11.4. The summed E-state index contributed by atoms with van der Waals surface area (Å²) in [5.41, 5.74) is 1.46. The SMILES string of the molecule is COc1ccc(-c2c(NC(=O)C3CCCCC3)oc3c(sc4ccccc43)c2=O)cc1. The van der Waals surface area contributed by atoms with Crippen molar-refractivity contribution in [3.05, 3.63) is 58.8 Å². The summed E-state index contributed by atoms with van der Waals surface area (Å²) < 4.78 is 13.0. The van der Waals surface area contributed by atoms with Gasteiger partial charge in [0.05, 0.1) is 12.7 Å². The van der Waals surface area contributed by atoms with Crippen LogP contribution in [0.25, 0.3) is 31.5 Å². The smallest absolute Gasteiger partial charge is 0.229 e. The maximum Gasteiger partial charge on any atom is 0.229 e. The number of anilines is 1. The zero-order chi connectivity index (χ0) is 21.4. The van der Waals surface area contributed by atoms with Crippen molar-refractivity contribution in [2.75, 3.05) is 12.4 Å². The lowest BCUT2D eigenvalue weighted by molar-refractivity contribution is -0.120. The molecule has 0 unspecified atom stereocenters. The number of hydrogen-bond donors (Lipinski definition) is 1. The van der Waals surface area contributed by atoms with E-state index >= 15 is 0 Å². The summed E-state index contributed by atoms with van der Waals surface area (Å²) in [4.78, 5) is 26.6. The van der Waals surface area contributed by atoms with Gasteiger partial charge in [0.15, 0.2) is 5.58 Å². The highest BCUT2D eigenvalue weighted by Gasteiger charge is 2.25. The number of carbonyl (C=O) groups excluding carboxylic acids is 1. The van der Waals surface area contributed by atoms with E-state index in [2.05, 4.69) is 5.32 Å². The van der Waals surface area contributed by atoms with Gasteiger partial charge < -0.3 is 9.15 Å². The average molecular weight is 434 g/mol. The van der Waals surface area contributed by atoms with Gasteiger partial charge in [0.1, 0.15) is 10.4 Å². The Morgan fingerprint density at radius 1 is 1.06 bits per heavy atom. The van der Waals surface area contributed by atoms with Crippen molar-refractivity contribution in [2.45, 2.75) is 32.1 Å². The van der Waals surface area contributed by atoms with E-state index in [1.54, 1.807) is 19.2 Å². The predicted octanol–water partition coefficient (Wildman–Crippen LogP) is 6.20. The first kappa shape index (κ1) is 19.8. The first-order chi connectivity index (χ1) is 15.2. The molecule has 1 aliphatic carbocycles. The number of fused-ring (bicyclic) bond motifs is 3. The van der Waals surface area contributed by atoms with E-state index in [9.17, 15) is 9.59 Å². The second-order valence-electron chi connectivity index (χ2n) is 7.94. The minimum Gasteiger partial charge on any atom is -0.497 e. The van der Waals surface area contributed by atoms with Gasteiger partial charge in [0.25, 0.3) is 0 Å². The fraction of sp³-hybridized carbons (Fsp3) is 0.280. The van der Waals surface area contributed by atoms with Crippen molar-refractivity contribution in [3.8, 4) is 16.9 Å². The minimum atomic E-state index is -0.133. The molecule has 2 aromatic carbocycles. The Bertz CT molecular complexity index is 1310. The van der Waals surface area contributed by atoms with E-state index in [1.165, 1.54) is 17.8 Å². The molecule has 0 bridgehead atoms. The zero-order valence-corrected chi connectivity index (χ0v) is 18.1. The summed E-state index contributed by atoms with van der Waals surface area (Å²) in [6, 6.07) is 15.0. The van der Waals surface area contributed by atoms with Gasteiger partial charge in [-0.2, -0.15) is 0 Å². The largest absolute Gasteiger partial charge is 0.497 e. The molecule has 1 N–H and O–H groups in total. The Morgan fingerprint density at radius 2 is 1.81 bits per heavy atom. The lowest BCUT2D eigenvalue weighted by atomic mass is 9.88. The third-order valence-electron chi connectivity index (χ3n) is 6.01. The molecular formula is C25H23NO4S. The molecule has 4 aromatic rings. The standard InChI is InChI=1S/C25H23NO4S/c1-29-17-13-11-15(12-14-17)20-21(27)23-22(18-9-5-6-10-19(18)31-23)30-25(20)26-24(28)16-7-3-2-4-8-16/h5-6,9-14,16H,2-4,7-8H2,1H3,(H,26,28). The average Bonchev–Trinajstić information content (AvgIpc) is 3.19. The first-order valence-electron chi connectivity index (χ1n) is 10.6. The van der Waals surface area contributed by atoms with E-state index < -0.39 is 0 Å². The fourth-order valence-corrected chi connectivity index (χ4v) is 5.41. The van der Waals surface area contributed by atoms with Crippen LogP contribution in [0.5, 0.6) is 5.75 Å². The molecule has 2 aromatic heterocycles. The highest BCUT2D eigenvalue weighted by molar-refractivity contribution is 7.25. The van der Waals surface area contributed by atoms with Crippen molar-refractivity contribution in [1.29, 1.82) is 0 Å². The molecule has 0 spiro atoms. The molecule has 0 saturated heterocycles. The number of ether oxygens (including phenoxy) is 1. The number of thiophene rings is 1. The van der Waals surface area contributed by atoms with Crippen LogP contribution in [0, 0.1) is 5.92 Å². The van der Waals surface area contributed by atoms with Crippen LogP contribution in [0.2, 0.25) is 0 Å². The van der Waals surface area contributed by atoms with Crippen LogP contribution < -0.4 is 15.5 Å². The molecule has 1 fully saturated rings. The summed E-state index contributed by atoms with van der Waals surface area (Å²) in [5, 5.41) is 3.85. The van der Waals surface area contributed by atoms with Crippen LogP contribution in [-0.4, -0.2) is 13.0 Å². The molecule has 5 nitrogen and oxygen atoms in total. The highest BCUT2D eigenvalue weighted by Crippen LogP contribution is 2.38. The van der Waals surface area contributed by atoms with Crippen molar-refractivity contribution in [3.63, 3.8) is 0 Å². The highest BCUT2D eigenvalue weighted by atomic mass is 32.1. The van der Waals surface area contributed by atoms with Gasteiger partial charge in [0.2, 0.25) is 17.2 Å². The van der Waals surface area contributed by atoms with E-state index in [-0.39, 0.29) is 23.1 Å². The predicted molar refractivity (Wildman–Crippen MR) is 125 cm³/mol. The molecule has 1 aliphatic rings. The summed E-state index contributed by atoms with van der Waals surface area (Å²) >= 11 is 1.42. The van der Waals surface area contributed by atoms with Crippen molar-refractivity contribution >= 4 is 43.5 Å². The molecule has 0 radical (unpaired) electrons. The Kier molecular flexibility index (Phi) is 5.24. The Hall–Kier alpha value is -3.12. The quantitative estimate of drug-likeness (QED) is 0.416. The van der Waals surface area contributed by atoms with Gasteiger partial charge in [-0.1, -0.05) is 43.5 Å². The number of methoxy groups -OCH3 is 1. The molecule has 1 amide bonds.